The molecule has 2 aliphatic rings. The molecule has 1 atom stereocenters. The Bertz CT molecular complexity index is 988. The maximum Gasteiger partial charge on any atom is 0.324 e. The smallest absolute Gasteiger partial charge is 0.324 e. The largest absolute Gasteiger partial charge is 0.488 e. The Kier molecular flexibility index (Phi) is 6.83. The van der Waals surface area contributed by atoms with Crippen molar-refractivity contribution in [1.82, 2.24) is 14.9 Å². The van der Waals surface area contributed by atoms with Gasteiger partial charge in [-0.05, 0) is 50.8 Å². The SMILES string of the molecule is CCCC(CN1CC(=O)NC1=O)S(=O)(=O)NC1(c2ccc(F)c(OCC(C)(C)O)c2)CC1. The highest BCUT2D eigenvalue weighted by molar-refractivity contribution is 7.90. The standard InChI is InChI=1S/C21H30FN3O6S/c1-4-5-15(11-25-12-18(26)23-19(25)27)32(29,30)24-21(8-9-21)14-6-7-16(22)17(10-14)31-13-20(2,3)28/h6-7,10,15,24,28H,4-5,8-9,11-13H2,1-3H3,(H,23,26,27). The van der Waals surface area contributed by atoms with Gasteiger partial charge in [0.2, 0.25) is 15.9 Å². The summed E-state index contributed by atoms with van der Waals surface area (Å²) in [7, 11) is -3.87. The van der Waals surface area contributed by atoms with Gasteiger partial charge >= 0.3 is 6.03 Å². The second-order valence-electron chi connectivity index (χ2n) is 9.12. The van der Waals surface area contributed by atoms with Gasteiger partial charge in [0, 0.05) is 6.54 Å². The normalized spacial score (nSPS) is 19.1. The zero-order valence-corrected chi connectivity index (χ0v) is 19.3. The maximum absolute atomic E-state index is 14.2. The van der Waals surface area contributed by atoms with Crippen molar-refractivity contribution in [2.45, 2.75) is 62.8 Å². The molecule has 1 saturated heterocycles. The molecule has 0 aromatic heterocycles. The molecule has 11 heteroatoms. The molecule has 1 aliphatic carbocycles. The lowest BCUT2D eigenvalue weighted by Crippen LogP contribution is -2.46. The fourth-order valence-electron chi connectivity index (χ4n) is 3.64. The van der Waals surface area contributed by atoms with E-state index in [2.05, 4.69) is 10.0 Å². The predicted octanol–water partition coefficient (Wildman–Crippen LogP) is 1.60. The first-order chi connectivity index (χ1) is 14.8. The fraction of sp³-hybridized carbons (Fsp3) is 0.619. The topological polar surface area (TPSA) is 125 Å². The number of amides is 3. The quantitative estimate of drug-likeness (QED) is 0.421. The van der Waals surface area contributed by atoms with E-state index in [0.717, 1.165) is 0 Å². The van der Waals surface area contributed by atoms with Gasteiger partial charge in [0.1, 0.15) is 13.2 Å². The average molecular weight is 472 g/mol. The van der Waals surface area contributed by atoms with Gasteiger partial charge in [0.15, 0.2) is 11.6 Å². The summed E-state index contributed by atoms with van der Waals surface area (Å²) in [5.74, 6) is -1.13. The minimum atomic E-state index is -3.87. The summed E-state index contributed by atoms with van der Waals surface area (Å²) in [6.07, 6.45) is 1.95. The van der Waals surface area contributed by atoms with Crippen LogP contribution in [0.5, 0.6) is 5.75 Å². The Morgan fingerprint density at radius 2 is 2.03 bits per heavy atom. The summed E-state index contributed by atoms with van der Waals surface area (Å²) in [5.41, 5.74) is -1.47. The minimum absolute atomic E-state index is 0.0625. The monoisotopic (exact) mass is 471 g/mol. The van der Waals surface area contributed by atoms with E-state index in [1.165, 1.54) is 36.9 Å². The second-order valence-corrected chi connectivity index (χ2v) is 11.1. The molecule has 3 rings (SSSR count). The van der Waals surface area contributed by atoms with Crippen LogP contribution in [0.15, 0.2) is 18.2 Å². The Hall–Kier alpha value is -2.24. The molecule has 0 radical (unpaired) electrons. The van der Waals surface area contributed by atoms with Crippen LogP contribution in [0.2, 0.25) is 0 Å². The number of nitrogens with one attached hydrogen (secondary N) is 2. The van der Waals surface area contributed by atoms with Crippen LogP contribution in [-0.2, 0) is 20.4 Å². The van der Waals surface area contributed by atoms with Crippen molar-refractivity contribution in [2.24, 2.45) is 0 Å². The Labute approximate surface area is 187 Å². The molecule has 32 heavy (non-hydrogen) atoms. The molecule has 1 saturated carbocycles. The third kappa shape index (κ3) is 5.76. The number of sulfonamides is 1. The van der Waals surface area contributed by atoms with Crippen molar-refractivity contribution in [1.29, 1.82) is 0 Å². The molecule has 1 aromatic carbocycles. The van der Waals surface area contributed by atoms with E-state index >= 15 is 0 Å². The van der Waals surface area contributed by atoms with Crippen LogP contribution in [0.4, 0.5) is 9.18 Å². The van der Waals surface area contributed by atoms with Crippen molar-refractivity contribution in [2.75, 3.05) is 19.7 Å². The number of imide groups is 1. The zero-order valence-electron chi connectivity index (χ0n) is 18.5. The summed E-state index contributed by atoms with van der Waals surface area (Å²) in [5, 5.41) is 11.1. The summed E-state index contributed by atoms with van der Waals surface area (Å²) < 4.78 is 48.9. The number of halogens is 1. The summed E-state index contributed by atoms with van der Waals surface area (Å²) >= 11 is 0. The molecule has 1 unspecified atom stereocenters. The van der Waals surface area contributed by atoms with Gasteiger partial charge < -0.3 is 14.7 Å². The van der Waals surface area contributed by atoms with E-state index in [9.17, 15) is 27.5 Å². The molecule has 0 bridgehead atoms. The highest BCUT2D eigenvalue weighted by atomic mass is 32.2. The van der Waals surface area contributed by atoms with Crippen LogP contribution in [0.25, 0.3) is 0 Å². The number of carbonyl (C=O) groups excluding carboxylic acids is 2. The number of nitrogens with zero attached hydrogens (tertiary/aromatic N) is 1. The molecule has 3 amide bonds. The van der Waals surface area contributed by atoms with E-state index in [-0.39, 0.29) is 25.4 Å². The molecule has 0 spiro atoms. The van der Waals surface area contributed by atoms with Crippen molar-refractivity contribution >= 4 is 22.0 Å². The number of aliphatic hydroxyl groups is 1. The average Bonchev–Trinajstić information content (AvgIpc) is 3.37. The number of hydrogen-bond donors (Lipinski definition) is 3. The first kappa shape index (κ1) is 24.4. The van der Waals surface area contributed by atoms with Crippen LogP contribution < -0.4 is 14.8 Å². The third-order valence-corrected chi connectivity index (χ3v) is 7.43. The van der Waals surface area contributed by atoms with Gasteiger partial charge in [-0.1, -0.05) is 19.4 Å². The van der Waals surface area contributed by atoms with Gasteiger partial charge in [0.25, 0.3) is 0 Å². The third-order valence-electron chi connectivity index (χ3n) is 5.49. The van der Waals surface area contributed by atoms with Crippen LogP contribution in [0, 0.1) is 5.82 Å². The molecule has 178 valence electrons. The molecular formula is C21H30FN3O6S. The van der Waals surface area contributed by atoms with Crippen LogP contribution in [-0.4, -0.2) is 60.9 Å². The van der Waals surface area contributed by atoms with Crippen molar-refractivity contribution in [3.63, 3.8) is 0 Å². The molecule has 2 fully saturated rings. The van der Waals surface area contributed by atoms with Gasteiger partial charge in [-0.25, -0.2) is 22.3 Å². The number of rotatable bonds is 11. The van der Waals surface area contributed by atoms with Gasteiger partial charge in [-0.3, -0.25) is 10.1 Å². The van der Waals surface area contributed by atoms with E-state index in [1.54, 1.807) is 0 Å². The molecular weight excluding hydrogens is 441 g/mol. The maximum atomic E-state index is 14.2. The molecule has 1 aromatic rings. The second kappa shape index (κ2) is 8.95. The lowest BCUT2D eigenvalue weighted by Gasteiger charge is -2.26. The number of benzene rings is 1. The van der Waals surface area contributed by atoms with E-state index in [4.69, 9.17) is 4.74 Å². The number of carbonyl (C=O) groups is 2. The summed E-state index contributed by atoms with van der Waals surface area (Å²) in [6, 6.07) is 3.59. The molecule has 1 heterocycles. The number of hydrogen-bond acceptors (Lipinski definition) is 6. The fourth-order valence-corrected chi connectivity index (χ4v) is 5.59. The summed E-state index contributed by atoms with van der Waals surface area (Å²) in [6.45, 7) is 4.53. The molecule has 9 nitrogen and oxygen atoms in total. The lowest BCUT2D eigenvalue weighted by molar-refractivity contribution is -0.118. The molecule has 3 N–H and O–H groups in total. The van der Waals surface area contributed by atoms with Crippen LogP contribution >= 0.6 is 0 Å². The van der Waals surface area contributed by atoms with Crippen molar-refractivity contribution in [3.8, 4) is 5.75 Å². The van der Waals surface area contributed by atoms with Crippen LogP contribution in [0.1, 0.15) is 52.0 Å². The van der Waals surface area contributed by atoms with E-state index in [1.807, 2.05) is 6.92 Å². The molecule has 1 aliphatic heterocycles. The van der Waals surface area contributed by atoms with Gasteiger partial charge in [0.05, 0.1) is 16.4 Å². The summed E-state index contributed by atoms with van der Waals surface area (Å²) in [4.78, 5) is 24.5. The lowest BCUT2D eigenvalue weighted by atomic mass is 10.1. The first-order valence-corrected chi connectivity index (χ1v) is 12.2. The van der Waals surface area contributed by atoms with Gasteiger partial charge in [-0.15, -0.1) is 0 Å². The van der Waals surface area contributed by atoms with E-state index in [0.29, 0.717) is 31.2 Å². The Morgan fingerprint density at radius 1 is 1.34 bits per heavy atom. The van der Waals surface area contributed by atoms with Gasteiger partial charge in [-0.2, -0.15) is 0 Å². The minimum Gasteiger partial charge on any atom is -0.488 e. The predicted molar refractivity (Wildman–Crippen MR) is 115 cm³/mol. The van der Waals surface area contributed by atoms with Crippen LogP contribution in [0.3, 0.4) is 0 Å². The zero-order chi connectivity index (χ0) is 23.7. The first-order valence-electron chi connectivity index (χ1n) is 10.6. The van der Waals surface area contributed by atoms with Crippen molar-refractivity contribution < 1.29 is 32.2 Å². The van der Waals surface area contributed by atoms with Crippen molar-refractivity contribution in [3.05, 3.63) is 29.6 Å². The highest BCUT2D eigenvalue weighted by Gasteiger charge is 2.49. The number of urea groups is 1. The number of ether oxygens (including phenoxy) is 1. The Morgan fingerprint density at radius 3 is 2.56 bits per heavy atom. The Balaban J connectivity index is 1.78. The van der Waals surface area contributed by atoms with E-state index < -0.39 is 44.2 Å². The highest BCUT2D eigenvalue weighted by Crippen LogP contribution is 2.47.